The number of aryl methyl sites for hydroxylation is 1. The molecule has 4 nitrogen and oxygen atoms in total. The number of hydrogen-bond acceptors (Lipinski definition) is 4. The predicted molar refractivity (Wildman–Crippen MR) is 82.8 cm³/mol. The lowest BCUT2D eigenvalue weighted by atomic mass is 10.1. The fourth-order valence-electron chi connectivity index (χ4n) is 2.06. The van der Waals surface area contributed by atoms with Crippen molar-refractivity contribution in [2.75, 3.05) is 17.7 Å². The third-order valence-electron chi connectivity index (χ3n) is 3.14. The summed E-state index contributed by atoms with van der Waals surface area (Å²) in [6.07, 6.45) is 7.03. The van der Waals surface area contributed by atoms with Crippen molar-refractivity contribution in [2.24, 2.45) is 0 Å². The van der Waals surface area contributed by atoms with Gasteiger partial charge in [0.2, 0.25) is 0 Å². The lowest BCUT2D eigenvalue weighted by Gasteiger charge is -2.15. The summed E-state index contributed by atoms with van der Waals surface area (Å²) in [6, 6.07) is 2.44. The Morgan fingerprint density at radius 3 is 2.47 bits per heavy atom. The van der Waals surface area contributed by atoms with Crippen molar-refractivity contribution in [1.29, 1.82) is 0 Å². The number of anilines is 2. The molecule has 0 amide bonds. The SMILES string of the molecule is CCCCCC(C)Nc1cc(NC)nc(CCC)n1. The molecule has 0 saturated carbocycles. The van der Waals surface area contributed by atoms with Crippen LogP contribution >= 0.6 is 0 Å². The maximum absolute atomic E-state index is 4.58. The molecule has 0 radical (unpaired) electrons. The molecule has 2 N–H and O–H groups in total. The smallest absolute Gasteiger partial charge is 0.133 e. The molecule has 1 heterocycles. The first-order valence-electron chi connectivity index (χ1n) is 7.51. The van der Waals surface area contributed by atoms with Crippen molar-refractivity contribution in [1.82, 2.24) is 9.97 Å². The van der Waals surface area contributed by atoms with Gasteiger partial charge < -0.3 is 10.6 Å². The van der Waals surface area contributed by atoms with Gasteiger partial charge in [-0.1, -0.05) is 33.1 Å². The van der Waals surface area contributed by atoms with Gasteiger partial charge >= 0.3 is 0 Å². The van der Waals surface area contributed by atoms with Crippen LogP contribution in [0.3, 0.4) is 0 Å². The van der Waals surface area contributed by atoms with E-state index < -0.39 is 0 Å². The Bertz CT molecular complexity index is 365. The second kappa shape index (κ2) is 8.73. The molecule has 0 spiro atoms. The number of nitrogens with zero attached hydrogens (tertiary/aromatic N) is 2. The maximum Gasteiger partial charge on any atom is 0.133 e. The van der Waals surface area contributed by atoms with Gasteiger partial charge in [-0.25, -0.2) is 9.97 Å². The first-order valence-corrected chi connectivity index (χ1v) is 7.51. The van der Waals surface area contributed by atoms with Crippen LogP contribution in [0.15, 0.2) is 6.07 Å². The van der Waals surface area contributed by atoms with Gasteiger partial charge in [-0.3, -0.25) is 0 Å². The van der Waals surface area contributed by atoms with Gasteiger partial charge in [0.25, 0.3) is 0 Å². The zero-order chi connectivity index (χ0) is 14.1. The third kappa shape index (κ3) is 5.90. The molecule has 0 aliphatic rings. The Labute approximate surface area is 117 Å². The summed E-state index contributed by atoms with van der Waals surface area (Å²) in [4.78, 5) is 9.04. The highest BCUT2D eigenvalue weighted by Gasteiger charge is 2.06. The number of hydrogen-bond donors (Lipinski definition) is 2. The van der Waals surface area contributed by atoms with E-state index in [1.54, 1.807) is 0 Å². The Morgan fingerprint density at radius 2 is 1.84 bits per heavy atom. The molecule has 0 bridgehead atoms. The highest BCUT2D eigenvalue weighted by Crippen LogP contribution is 2.14. The van der Waals surface area contributed by atoms with Crippen LogP contribution in [-0.4, -0.2) is 23.1 Å². The largest absolute Gasteiger partial charge is 0.373 e. The quantitative estimate of drug-likeness (QED) is 0.665. The van der Waals surface area contributed by atoms with Crippen LogP contribution in [0.2, 0.25) is 0 Å². The molecule has 0 aliphatic heterocycles. The third-order valence-corrected chi connectivity index (χ3v) is 3.14. The molecule has 1 aromatic heterocycles. The standard InChI is InChI=1S/C15H28N4/c1-5-7-8-10-12(3)17-15-11-14(16-4)18-13(19-15)9-6-2/h11-12H,5-10H2,1-4H3,(H2,16,17,18,19). The van der Waals surface area contributed by atoms with Gasteiger partial charge in [0.1, 0.15) is 17.5 Å². The van der Waals surface area contributed by atoms with E-state index >= 15 is 0 Å². The van der Waals surface area contributed by atoms with Gasteiger partial charge in [-0.15, -0.1) is 0 Å². The minimum absolute atomic E-state index is 0.459. The Balaban J connectivity index is 2.62. The van der Waals surface area contributed by atoms with Crippen molar-refractivity contribution in [2.45, 2.75) is 65.3 Å². The average molecular weight is 264 g/mol. The molecule has 1 rings (SSSR count). The Kier molecular flexibility index (Phi) is 7.23. The van der Waals surface area contributed by atoms with E-state index in [9.17, 15) is 0 Å². The molecule has 1 atom stereocenters. The molecule has 19 heavy (non-hydrogen) atoms. The van der Waals surface area contributed by atoms with Crippen LogP contribution in [0, 0.1) is 0 Å². The van der Waals surface area contributed by atoms with E-state index in [2.05, 4.69) is 41.4 Å². The molecule has 0 aromatic carbocycles. The minimum atomic E-state index is 0.459. The van der Waals surface area contributed by atoms with Gasteiger partial charge in [0.15, 0.2) is 0 Å². The summed E-state index contributed by atoms with van der Waals surface area (Å²) in [6.45, 7) is 6.60. The molecule has 0 fully saturated rings. The second-order valence-electron chi connectivity index (χ2n) is 5.10. The summed E-state index contributed by atoms with van der Waals surface area (Å²) >= 11 is 0. The molecule has 4 heteroatoms. The van der Waals surface area contributed by atoms with Gasteiger partial charge in [-0.05, 0) is 19.8 Å². The molecule has 0 saturated heterocycles. The second-order valence-corrected chi connectivity index (χ2v) is 5.10. The zero-order valence-electron chi connectivity index (χ0n) is 12.8. The van der Waals surface area contributed by atoms with Crippen molar-refractivity contribution in [3.8, 4) is 0 Å². The lowest BCUT2D eigenvalue weighted by Crippen LogP contribution is -2.17. The fourth-order valence-corrected chi connectivity index (χ4v) is 2.06. The van der Waals surface area contributed by atoms with Gasteiger partial charge in [-0.2, -0.15) is 0 Å². The van der Waals surface area contributed by atoms with Crippen molar-refractivity contribution in [3.63, 3.8) is 0 Å². The molecular formula is C15H28N4. The van der Waals surface area contributed by atoms with Crippen LogP contribution in [-0.2, 0) is 6.42 Å². The number of aromatic nitrogens is 2. The van der Waals surface area contributed by atoms with E-state index in [-0.39, 0.29) is 0 Å². The van der Waals surface area contributed by atoms with Crippen LogP contribution in [0.1, 0.15) is 58.7 Å². The predicted octanol–water partition coefficient (Wildman–Crippen LogP) is 3.85. The Morgan fingerprint density at radius 1 is 1.11 bits per heavy atom. The number of unbranched alkanes of at least 4 members (excludes halogenated alkanes) is 2. The van der Waals surface area contributed by atoms with Gasteiger partial charge in [0, 0.05) is 25.6 Å². The zero-order valence-corrected chi connectivity index (χ0v) is 12.8. The fraction of sp³-hybridized carbons (Fsp3) is 0.733. The van der Waals surface area contributed by atoms with Crippen molar-refractivity contribution >= 4 is 11.6 Å². The lowest BCUT2D eigenvalue weighted by molar-refractivity contribution is 0.613. The summed E-state index contributed by atoms with van der Waals surface area (Å²) in [7, 11) is 1.90. The maximum atomic E-state index is 4.58. The summed E-state index contributed by atoms with van der Waals surface area (Å²) in [5.41, 5.74) is 0. The number of rotatable bonds is 9. The van der Waals surface area contributed by atoms with E-state index in [0.29, 0.717) is 6.04 Å². The molecule has 1 unspecified atom stereocenters. The summed E-state index contributed by atoms with van der Waals surface area (Å²) in [5.74, 6) is 2.74. The first kappa shape index (κ1) is 15.7. The summed E-state index contributed by atoms with van der Waals surface area (Å²) < 4.78 is 0. The normalized spacial score (nSPS) is 12.2. The van der Waals surface area contributed by atoms with E-state index in [1.807, 2.05) is 13.1 Å². The topological polar surface area (TPSA) is 49.8 Å². The first-order chi connectivity index (χ1) is 9.19. The van der Waals surface area contributed by atoms with Gasteiger partial charge in [0.05, 0.1) is 0 Å². The molecule has 1 aromatic rings. The van der Waals surface area contributed by atoms with Crippen molar-refractivity contribution in [3.05, 3.63) is 11.9 Å². The van der Waals surface area contributed by atoms with E-state index in [4.69, 9.17) is 0 Å². The Hall–Kier alpha value is -1.32. The number of nitrogens with one attached hydrogen (secondary N) is 2. The molecule has 108 valence electrons. The van der Waals surface area contributed by atoms with Crippen LogP contribution < -0.4 is 10.6 Å². The van der Waals surface area contributed by atoms with E-state index in [1.165, 1.54) is 25.7 Å². The monoisotopic (exact) mass is 264 g/mol. The van der Waals surface area contributed by atoms with Crippen LogP contribution in [0.5, 0.6) is 0 Å². The molecular weight excluding hydrogens is 236 g/mol. The van der Waals surface area contributed by atoms with Crippen LogP contribution in [0.25, 0.3) is 0 Å². The highest BCUT2D eigenvalue weighted by molar-refractivity contribution is 5.47. The minimum Gasteiger partial charge on any atom is -0.373 e. The molecule has 0 aliphatic carbocycles. The highest BCUT2D eigenvalue weighted by atomic mass is 15.1. The van der Waals surface area contributed by atoms with Crippen molar-refractivity contribution < 1.29 is 0 Å². The summed E-state index contributed by atoms with van der Waals surface area (Å²) in [5, 5.41) is 6.58. The van der Waals surface area contributed by atoms with E-state index in [0.717, 1.165) is 30.3 Å². The average Bonchev–Trinajstić information content (AvgIpc) is 2.39. The van der Waals surface area contributed by atoms with Crippen LogP contribution in [0.4, 0.5) is 11.6 Å².